The molecule has 0 radical (unpaired) electrons. The molecule has 3 rings (SSSR count). The summed E-state index contributed by atoms with van der Waals surface area (Å²) in [6.45, 7) is 2.13. The maximum atomic E-state index is 9.10. The molecule has 0 unspecified atom stereocenters. The van der Waals surface area contributed by atoms with E-state index in [1.807, 2.05) is 18.2 Å². The predicted molar refractivity (Wildman–Crippen MR) is 84.2 cm³/mol. The topological polar surface area (TPSA) is 52.9 Å². The van der Waals surface area contributed by atoms with Crippen LogP contribution in [-0.2, 0) is 0 Å². The number of rotatable bonds is 4. The molecular formula is C16H18BNO3. The Balaban J connectivity index is 1.81. The van der Waals surface area contributed by atoms with E-state index in [1.54, 1.807) is 24.3 Å². The van der Waals surface area contributed by atoms with Gasteiger partial charge in [0.15, 0.2) is 5.75 Å². The zero-order chi connectivity index (χ0) is 14.7. The molecule has 1 saturated heterocycles. The number of anilines is 1. The maximum absolute atomic E-state index is 9.10. The van der Waals surface area contributed by atoms with Crippen molar-refractivity contribution in [2.75, 3.05) is 18.0 Å². The summed E-state index contributed by atoms with van der Waals surface area (Å²) in [5.41, 5.74) is 1.57. The predicted octanol–water partition coefficient (Wildman–Crippen LogP) is 1.76. The third-order valence-corrected chi connectivity index (χ3v) is 3.72. The molecule has 0 amide bonds. The highest BCUT2D eigenvalue weighted by Crippen LogP contribution is 2.33. The molecule has 2 N–H and O–H groups in total. The summed E-state index contributed by atoms with van der Waals surface area (Å²) in [5, 5.41) is 18.2. The molecule has 0 bridgehead atoms. The number of nitrogens with zero attached hydrogens (tertiary/aromatic N) is 1. The Morgan fingerprint density at radius 3 is 2.24 bits per heavy atom. The average molecular weight is 283 g/mol. The molecule has 1 fully saturated rings. The average Bonchev–Trinajstić information content (AvgIpc) is 3.02. The number of ether oxygens (including phenoxy) is 1. The van der Waals surface area contributed by atoms with E-state index in [0.29, 0.717) is 11.2 Å². The summed E-state index contributed by atoms with van der Waals surface area (Å²) in [6.07, 6.45) is 2.44. The van der Waals surface area contributed by atoms with Gasteiger partial charge < -0.3 is 19.7 Å². The van der Waals surface area contributed by atoms with Crippen LogP contribution in [-0.4, -0.2) is 30.3 Å². The minimum absolute atomic E-state index is 0.454. The summed E-state index contributed by atoms with van der Waals surface area (Å²) in [7, 11) is -1.45. The largest absolute Gasteiger partial charge is 0.488 e. The van der Waals surface area contributed by atoms with E-state index in [2.05, 4.69) is 11.0 Å². The number of para-hydroxylation sites is 2. The molecule has 1 heterocycles. The second kappa shape index (κ2) is 6.20. The smallest absolute Gasteiger partial charge is 0.455 e. The SMILES string of the molecule is OB(O)c1ccc(Oc2ccccc2N2CCCC2)cc1. The first kappa shape index (κ1) is 14.0. The van der Waals surface area contributed by atoms with Crippen LogP contribution in [0.5, 0.6) is 11.5 Å². The van der Waals surface area contributed by atoms with Crippen molar-refractivity contribution in [3.05, 3.63) is 48.5 Å². The second-order valence-corrected chi connectivity index (χ2v) is 5.21. The number of hydrogen-bond acceptors (Lipinski definition) is 4. The minimum atomic E-state index is -1.45. The van der Waals surface area contributed by atoms with Crippen LogP contribution >= 0.6 is 0 Å². The van der Waals surface area contributed by atoms with Crippen LogP contribution in [0.2, 0.25) is 0 Å². The molecule has 2 aromatic rings. The van der Waals surface area contributed by atoms with Crippen molar-refractivity contribution in [3.8, 4) is 11.5 Å². The quantitative estimate of drug-likeness (QED) is 0.839. The van der Waals surface area contributed by atoms with E-state index >= 15 is 0 Å². The van der Waals surface area contributed by atoms with Gasteiger partial charge in [-0.3, -0.25) is 0 Å². The summed E-state index contributed by atoms with van der Waals surface area (Å²) >= 11 is 0. The molecule has 0 spiro atoms. The summed E-state index contributed by atoms with van der Waals surface area (Å²) < 4.78 is 5.95. The molecule has 5 heteroatoms. The van der Waals surface area contributed by atoms with Crippen LogP contribution in [0.25, 0.3) is 0 Å². The van der Waals surface area contributed by atoms with Crippen LogP contribution in [0.3, 0.4) is 0 Å². The van der Waals surface area contributed by atoms with Gasteiger partial charge >= 0.3 is 7.12 Å². The highest BCUT2D eigenvalue weighted by atomic mass is 16.5. The van der Waals surface area contributed by atoms with Gasteiger partial charge in [-0.1, -0.05) is 24.3 Å². The first-order chi connectivity index (χ1) is 10.2. The van der Waals surface area contributed by atoms with Crippen molar-refractivity contribution < 1.29 is 14.8 Å². The molecule has 0 aromatic heterocycles. The molecule has 1 aliphatic rings. The van der Waals surface area contributed by atoms with Crippen molar-refractivity contribution in [1.82, 2.24) is 0 Å². The zero-order valence-corrected chi connectivity index (χ0v) is 11.8. The van der Waals surface area contributed by atoms with Gasteiger partial charge in [0.1, 0.15) is 5.75 Å². The first-order valence-electron chi connectivity index (χ1n) is 7.22. The van der Waals surface area contributed by atoms with Gasteiger partial charge in [0, 0.05) is 13.1 Å². The van der Waals surface area contributed by atoms with Crippen LogP contribution in [0.15, 0.2) is 48.5 Å². The minimum Gasteiger partial charge on any atom is -0.455 e. The van der Waals surface area contributed by atoms with E-state index in [1.165, 1.54) is 12.8 Å². The second-order valence-electron chi connectivity index (χ2n) is 5.21. The van der Waals surface area contributed by atoms with Crippen LogP contribution in [0, 0.1) is 0 Å². The van der Waals surface area contributed by atoms with E-state index in [-0.39, 0.29) is 0 Å². The maximum Gasteiger partial charge on any atom is 0.488 e. The van der Waals surface area contributed by atoms with Crippen molar-refractivity contribution in [1.29, 1.82) is 0 Å². The Kier molecular flexibility index (Phi) is 4.13. The van der Waals surface area contributed by atoms with E-state index < -0.39 is 7.12 Å². The highest BCUT2D eigenvalue weighted by molar-refractivity contribution is 6.58. The van der Waals surface area contributed by atoms with Gasteiger partial charge in [-0.25, -0.2) is 0 Å². The molecule has 108 valence electrons. The molecule has 0 atom stereocenters. The molecule has 0 saturated carbocycles. The Labute approximate surface area is 124 Å². The lowest BCUT2D eigenvalue weighted by atomic mass is 9.80. The van der Waals surface area contributed by atoms with Gasteiger partial charge in [-0.05, 0) is 42.6 Å². The van der Waals surface area contributed by atoms with E-state index in [9.17, 15) is 0 Å². The lowest BCUT2D eigenvalue weighted by molar-refractivity contribution is 0.425. The van der Waals surface area contributed by atoms with Crippen molar-refractivity contribution >= 4 is 18.3 Å². The van der Waals surface area contributed by atoms with Crippen molar-refractivity contribution in [2.24, 2.45) is 0 Å². The van der Waals surface area contributed by atoms with Gasteiger partial charge in [0.25, 0.3) is 0 Å². The normalized spacial score (nSPS) is 14.3. The van der Waals surface area contributed by atoms with Crippen molar-refractivity contribution in [3.63, 3.8) is 0 Å². The lowest BCUT2D eigenvalue weighted by Crippen LogP contribution is -2.29. The van der Waals surface area contributed by atoms with Gasteiger partial charge in [-0.2, -0.15) is 0 Å². The monoisotopic (exact) mass is 283 g/mol. The summed E-state index contributed by atoms with van der Waals surface area (Å²) in [4.78, 5) is 2.33. The fourth-order valence-electron chi connectivity index (χ4n) is 2.60. The third-order valence-electron chi connectivity index (χ3n) is 3.72. The fourth-order valence-corrected chi connectivity index (χ4v) is 2.60. The van der Waals surface area contributed by atoms with Gasteiger partial charge in [0.05, 0.1) is 5.69 Å². The molecule has 1 aliphatic heterocycles. The standard InChI is InChI=1S/C16H18BNO3/c19-17(20)13-7-9-14(10-8-13)21-16-6-2-1-5-15(16)18-11-3-4-12-18/h1-2,5-10,19-20H,3-4,11-12H2. The fraction of sp³-hybridized carbons (Fsp3) is 0.250. The van der Waals surface area contributed by atoms with Crippen LogP contribution < -0.4 is 15.1 Å². The Morgan fingerprint density at radius 1 is 0.905 bits per heavy atom. The summed E-state index contributed by atoms with van der Waals surface area (Å²) in [5.74, 6) is 1.52. The Hall–Kier alpha value is -1.98. The van der Waals surface area contributed by atoms with Crippen LogP contribution in [0.1, 0.15) is 12.8 Å². The molecule has 21 heavy (non-hydrogen) atoms. The zero-order valence-electron chi connectivity index (χ0n) is 11.8. The molecule has 4 nitrogen and oxygen atoms in total. The number of hydrogen-bond donors (Lipinski definition) is 2. The summed E-state index contributed by atoms with van der Waals surface area (Å²) in [6, 6.07) is 14.8. The van der Waals surface area contributed by atoms with E-state index in [4.69, 9.17) is 14.8 Å². The van der Waals surface area contributed by atoms with Crippen LogP contribution in [0.4, 0.5) is 5.69 Å². The first-order valence-corrected chi connectivity index (χ1v) is 7.22. The lowest BCUT2D eigenvalue weighted by Gasteiger charge is -2.21. The van der Waals surface area contributed by atoms with Gasteiger partial charge in [-0.15, -0.1) is 0 Å². The van der Waals surface area contributed by atoms with Crippen molar-refractivity contribution in [2.45, 2.75) is 12.8 Å². The highest BCUT2D eigenvalue weighted by Gasteiger charge is 2.16. The number of benzene rings is 2. The molecule has 2 aromatic carbocycles. The third kappa shape index (κ3) is 3.20. The molecular weight excluding hydrogens is 265 g/mol. The van der Waals surface area contributed by atoms with E-state index in [0.717, 1.165) is 24.5 Å². The Morgan fingerprint density at radius 2 is 1.57 bits per heavy atom. The Bertz CT molecular complexity index is 595. The van der Waals surface area contributed by atoms with Gasteiger partial charge in [0.2, 0.25) is 0 Å². The molecule has 0 aliphatic carbocycles.